The summed E-state index contributed by atoms with van der Waals surface area (Å²) >= 11 is 5.86. The predicted molar refractivity (Wildman–Crippen MR) is 145 cm³/mol. The van der Waals surface area contributed by atoms with Crippen molar-refractivity contribution >= 4 is 41.5 Å². The van der Waals surface area contributed by atoms with Crippen LogP contribution in [0.1, 0.15) is 30.5 Å². The fourth-order valence-corrected chi connectivity index (χ4v) is 3.87. The van der Waals surface area contributed by atoms with Gasteiger partial charge in [-0.15, -0.1) is 24.0 Å². The number of nitrogens with zero attached hydrogens (tertiary/aromatic N) is 4. The third kappa shape index (κ3) is 8.84. The highest BCUT2D eigenvalue weighted by atomic mass is 127. The van der Waals surface area contributed by atoms with Crippen molar-refractivity contribution in [3.05, 3.63) is 64.4 Å². The van der Waals surface area contributed by atoms with Gasteiger partial charge in [-0.05, 0) is 42.6 Å². The Kier molecular flexibility index (Phi) is 12.3. The molecule has 6 nitrogen and oxygen atoms in total. The summed E-state index contributed by atoms with van der Waals surface area (Å²) < 4.78 is 0. The minimum Gasteiger partial charge on any atom is -0.357 e. The Labute approximate surface area is 214 Å². The van der Waals surface area contributed by atoms with Crippen LogP contribution in [0.5, 0.6) is 0 Å². The van der Waals surface area contributed by atoms with Crippen LogP contribution in [0, 0.1) is 0 Å². The van der Waals surface area contributed by atoms with Gasteiger partial charge in [-0.2, -0.15) is 0 Å². The number of aromatic nitrogens is 1. The maximum Gasteiger partial charge on any atom is 0.191 e. The summed E-state index contributed by atoms with van der Waals surface area (Å²) in [5.41, 5.74) is 3.82. The lowest BCUT2D eigenvalue weighted by atomic mass is 10.1. The highest BCUT2D eigenvalue weighted by Crippen LogP contribution is 2.14. The van der Waals surface area contributed by atoms with E-state index >= 15 is 0 Å². The third-order valence-electron chi connectivity index (χ3n) is 5.67. The van der Waals surface area contributed by atoms with E-state index in [1.165, 1.54) is 11.1 Å². The maximum atomic E-state index is 5.86. The molecule has 0 amide bonds. The Morgan fingerprint density at radius 1 is 1.00 bits per heavy atom. The van der Waals surface area contributed by atoms with E-state index in [1.54, 1.807) is 0 Å². The first kappa shape index (κ1) is 26.8. The second kappa shape index (κ2) is 14.7. The number of pyridine rings is 1. The lowest BCUT2D eigenvalue weighted by Gasteiger charge is -2.34. The van der Waals surface area contributed by atoms with Crippen LogP contribution in [-0.2, 0) is 19.5 Å². The van der Waals surface area contributed by atoms with Gasteiger partial charge < -0.3 is 15.5 Å². The number of halogens is 2. The van der Waals surface area contributed by atoms with Crippen molar-refractivity contribution in [2.75, 3.05) is 45.8 Å². The number of piperazine rings is 1. The molecular formula is C24H36ClIN6. The molecule has 3 rings (SSSR count). The third-order valence-corrected chi connectivity index (χ3v) is 5.89. The smallest absolute Gasteiger partial charge is 0.191 e. The van der Waals surface area contributed by atoms with E-state index in [-0.39, 0.29) is 24.0 Å². The summed E-state index contributed by atoms with van der Waals surface area (Å²) in [5, 5.41) is 7.30. The second-order valence-electron chi connectivity index (χ2n) is 7.84. The first-order chi connectivity index (χ1) is 15.2. The van der Waals surface area contributed by atoms with E-state index in [4.69, 9.17) is 16.6 Å². The van der Waals surface area contributed by atoms with Crippen molar-refractivity contribution in [2.24, 2.45) is 4.99 Å². The zero-order valence-electron chi connectivity index (χ0n) is 19.2. The molecule has 0 aliphatic carbocycles. The molecule has 1 aromatic heterocycles. The van der Waals surface area contributed by atoms with E-state index in [0.29, 0.717) is 11.7 Å². The first-order valence-electron chi connectivity index (χ1n) is 11.3. The zero-order chi connectivity index (χ0) is 21.9. The Morgan fingerprint density at radius 2 is 1.72 bits per heavy atom. The molecule has 0 atom stereocenters. The Morgan fingerprint density at radius 3 is 2.38 bits per heavy atom. The molecular weight excluding hydrogens is 535 g/mol. The van der Waals surface area contributed by atoms with Crippen LogP contribution in [0.4, 0.5) is 0 Å². The molecule has 0 bridgehead atoms. The number of likely N-dealkylation sites (N-methyl/N-ethyl adjacent to an activating group) is 1. The van der Waals surface area contributed by atoms with Crippen molar-refractivity contribution in [1.29, 1.82) is 0 Å². The molecule has 1 aliphatic rings. The topological polar surface area (TPSA) is 55.8 Å². The van der Waals surface area contributed by atoms with Crippen LogP contribution in [0.15, 0.2) is 47.6 Å². The summed E-state index contributed by atoms with van der Waals surface area (Å²) in [7, 11) is 0. The molecule has 0 unspecified atom stereocenters. The van der Waals surface area contributed by atoms with E-state index in [9.17, 15) is 0 Å². The summed E-state index contributed by atoms with van der Waals surface area (Å²) in [5.74, 6) is 0.843. The number of hydrogen-bond acceptors (Lipinski definition) is 4. The van der Waals surface area contributed by atoms with E-state index in [2.05, 4.69) is 63.5 Å². The standard InChI is InChI=1S/C24H35ClN6.HI/c1-3-26-24(27-12-11-20-9-10-23(25)28-17-20)29-18-21-7-5-6-8-22(21)19-31-15-13-30(4-2)14-16-31;/h5-10,17H,3-4,11-16,18-19H2,1-2H3,(H2,26,27,29);1H. The van der Waals surface area contributed by atoms with Crippen molar-refractivity contribution < 1.29 is 0 Å². The molecule has 1 fully saturated rings. The minimum atomic E-state index is 0. The number of hydrogen-bond donors (Lipinski definition) is 2. The predicted octanol–water partition coefficient (Wildman–Crippen LogP) is 3.79. The molecule has 32 heavy (non-hydrogen) atoms. The molecule has 0 spiro atoms. The van der Waals surface area contributed by atoms with Crippen molar-refractivity contribution in [3.8, 4) is 0 Å². The number of rotatable bonds is 9. The van der Waals surface area contributed by atoms with E-state index < -0.39 is 0 Å². The normalized spacial score (nSPS) is 15.3. The van der Waals surface area contributed by atoms with Gasteiger partial charge in [0.2, 0.25) is 0 Å². The molecule has 176 valence electrons. The van der Waals surface area contributed by atoms with Gasteiger partial charge in [0.05, 0.1) is 6.54 Å². The fourth-order valence-electron chi connectivity index (χ4n) is 3.76. The van der Waals surface area contributed by atoms with Gasteiger partial charge in [0.25, 0.3) is 0 Å². The second-order valence-corrected chi connectivity index (χ2v) is 8.23. The highest BCUT2D eigenvalue weighted by molar-refractivity contribution is 14.0. The molecule has 0 saturated carbocycles. The van der Waals surface area contributed by atoms with Crippen LogP contribution in [0.25, 0.3) is 0 Å². The first-order valence-corrected chi connectivity index (χ1v) is 11.7. The van der Waals surface area contributed by atoms with Gasteiger partial charge in [-0.25, -0.2) is 9.98 Å². The average molecular weight is 571 g/mol. The molecule has 1 saturated heterocycles. The maximum absolute atomic E-state index is 5.86. The SMILES string of the molecule is CCNC(=NCc1ccccc1CN1CCN(CC)CC1)NCCc1ccc(Cl)nc1.I. The van der Waals surface area contributed by atoms with Gasteiger partial charge in [0.1, 0.15) is 5.15 Å². The lowest BCUT2D eigenvalue weighted by Crippen LogP contribution is -2.45. The molecule has 2 aromatic rings. The molecule has 2 heterocycles. The summed E-state index contributed by atoms with van der Waals surface area (Å²) in [6.45, 7) is 13.4. The van der Waals surface area contributed by atoms with E-state index in [0.717, 1.165) is 70.3 Å². The van der Waals surface area contributed by atoms with Crippen molar-refractivity contribution in [2.45, 2.75) is 33.4 Å². The molecule has 1 aliphatic heterocycles. The zero-order valence-corrected chi connectivity index (χ0v) is 22.3. The van der Waals surface area contributed by atoms with Gasteiger partial charge in [-0.3, -0.25) is 4.90 Å². The van der Waals surface area contributed by atoms with Crippen molar-refractivity contribution in [3.63, 3.8) is 0 Å². The van der Waals surface area contributed by atoms with Gasteiger partial charge in [0, 0.05) is 52.0 Å². The van der Waals surface area contributed by atoms with Crippen LogP contribution in [-0.4, -0.2) is 66.6 Å². The average Bonchev–Trinajstić information content (AvgIpc) is 2.80. The molecule has 2 N–H and O–H groups in total. The lowest BCUT2D eigenvalue weighted by molar-refractivity contribution is 0.131. The van der Waals surface area contributed by atoms with Crippen molar-refractivity contribution in [1.82, 2.24) is 25.4 Å². The molecule has 0 radical (unpaired) electrons. The highest BCUT2D eigenvalue weighted by Gasteiger charge is 2.16. The van der Waals surface area contributed by atoms with E-state index in [1.807, 2.05) is 18.3 Å². The summed E-state index contributed by atoms with van der Waals surface area (Å²) in [6, 6.07) is 12.5. The van der Waals surface area contributed by atoms with Gasteiger partial charge >= 0.3 is 0 Å². The monoisotopic (exact) mass is 570 g/mol. The number of benzene rings is 1. The molecule has 1 aromatic carbocycles. The number of aliphatic imine (C=N–C) groups is 1. The minimum absolute atomic E-state index is 0. The largest absolute Gasteiger partial charge is 0.357 e. The Hall–Kier alpha value is -1.42. The Balaban J connectivity index is 0.00000363. The summed E-state index contributed by atoms with van der Waals surface area (Å²) in [4.78, 5) is 14.0. The van der Waals surface area contributed by atoms with Crippen LogP contribution >= 0.6 is 35.6 Å². The summed E-state index contributed by atoms with van der Waals surface area (Å²) in [6.07, 6.45) is 2.69. The van der Waals surface area contributed by atoms with Crippen LogP contribution < -0.4 is 10.6 Å². The van der Waals surface area contributed by atoms with Gasteiger partial charge in [0.15, 0.2) is 5.96 Å². The number of nitrogens with one attached hydrogen (secondary N) is 2. The quantitative estimate of drug-likeness (QED) is 0.208. The Bertz CT molecular complexity index is 821. The van der Waals surface area contributed by atoms with Crippen LogP contribution in [0.3, 0.4) is 0 Å². The fraction of sp³-hybridized carbons (Fsp3) is 0.500. The van der Waals surface area contributed by atoms with Gasteiger partial charge in [-0.1, -0.05) is 48.9 Å². The number of guanidine groups is 1. The van der Waals surface area contributed by atoms with Crippen LogP contribution in [0.2, 0.25) is 5.15 Å². The molecule has 8 heteroatoms.